The molecule has 0 aliphatic heterocycles. The summed E-state index contributed by atoms with van der Waals surface area (Å²) < 4.78 is 22.9. The van der Waals surface area contributed by atoms with E-state index in [1.165, 1.54) is 24.3 Å². The predicted octanol–water partition coefficient (Wildman–Crippen LogP) is 1.75. The van der Waals surface area contributed by atoms with E-state index in [1.807, 2.05) is 0 Å². The maximum Gasteiger partial charge on any atom is 0.260 e. The molecule has 0 aliphatic rings. The Morgan fingerprint density at radius 1 is 1.39 bits per heavy atom. The first kappa shape index (κ1) is 14.4. The molecule has 1 atom stereocenters. The number of rotatable bonds is 7. The van der Waals surface area contributed by atoms with Gasteiger partial charge in [-0.2, -0.15) is 0 Å². The number of ether oxygens (including phenoxy) is 2. The molecule has 1 aromatic rings. The fraction of sp³-hybridized carbons (Fsp3) is 0.462. The third-order valence-electron chi connectivity index (χ3n) is 2.32. The van der Waals surface area contributed by atoms with Crippen LogP contribution in [-0.2, 0) is 9.53 Å². The van der Waals surface area contributed by atoms with Gasteiger partial charge in [-0.25, -0.2) is 4.39 Å². The zero-order valence-electron chi connectivity index (χ0n) is 10.6. The Hall–Kier alpha value is -1.62. The summed E-state index contributed by atoms with van der Waals surface area (Å²) in [7, 11) is 1.61. The average molecular weight is 255 g/mol. The van der Waals surface area contributed by atoms with Gasteiger partial charge in [-0.05, 0) is 37.6 Å². The molecular formula is C13H18FNO3. The first-order valence-electron chi connectivity index (χ1n) is 5.82. The molecule has 4 nitrogen and oxygen atoms in total. The summed E-state index contributed by atoms with van der Waals surface area (Å²) in [6, 6.07) is 5.56. The molecule has 0 saturated carbocycles. The van der Waals surface area contributed by atoms with Gasteiger partial charge in [-0.15, -0.1) is 0 Å². The van der Waals surface area contributed by atoms with Crippen molar-refractivity contribution in [1.82, 2.24) is 5.32 Å². The van der Waals surface area contributed by atoms with Crippen molar-refractivity contribution in [2.45, 2.75) is 19.4 Å². The smallest absolute Gasteiger partial charge is 0.260 e. The van der Waals surface area contributed by atoms with Crippen LogP contribution in [0.5, 0.6) is 5.75 Å². The van der Waals surface area contributed by atoms with Gasteiger partial charge in [0, 0.05) is 20.3 Å². The van der Waals surface area contributed by atoms with Crippen molar-refractivity contribution in [1.29, 1.82) is 0 Å². The number of carbonyl (C=O) groups excluding carboxylic acids is 1. The highest BCUT2D eigenvalue weighted by atomic mass is 19.1. The van der Waals surface area contributed by atoms with E-state index < -0.39 is 6.10 Å². The van der Waals surface area contributed by atoms with E-state index in [-0.39, 0.29) is 11.7 Å². The molecule has 1 amide bonds. The summed E-state index contributed by atoms with van der Waals surface area (Å²) in [4.78, 5) is 11.6. The molecule has 5 heteroatoms. The molecule has 0 spiro atoms. The summed E-state index contributed by atoms with van der Waals surface area (Å²) >= 11 is 0. The lowest BCUT2D eigenvalue weighted by molar-refractivity contribution is -0.127. The van der Waals surface area contributed by atoms with Gasteiger partial charge >= 0.3 is 0 Å². The number of methoxy groups -OCH3 is 1. The van der Waals surface area contributed by atoms with Crippen LogP contribution in [0.25, 0.3) is 0 Å². The van der Waals surface area contributed by atoms with Crippen molar-refractivity contribution in [3.63, 3.8) is 0 Å². The average Bonchev–Trinajstić information content (AvgIpc) is 2.37. The number of halogens is 1. The standard InChI is InChI=1S/C13H18FNO3/c1-10(13(16)15-8-3-9-17-2)18-12-6-4-11(14)5-7-12/h4-7,10H,3,8-9H2,1-2H3,(H,15,16)/t10-/m1/s1. The molecule has 0 radical (unpaired) electrons. The largest absolute Gasteiger partial charge is 0.481 e. The second-order valence-electron chi connectivity index (χ2n) is 3.85. The van der Waals surface area contributed by atoms with Gasteiger partial charge in [0.2, 0.25) is 0 Å². The van der Waals surface area contributed by atoms with Crippen LogP contribution in [0.2, 0.25) is 0 Å². The molecule has 1 aromatic carbocycles. The molecule has 1 N–H and O–H groups in total. The minimum atomic E-state index is -0.613. The first-order chi connectivity index (χ1) is 8.63. The van der Waals surface area contributed by atoms with Gasteiger partial charge in [0.25, 0.3) is 5.91 Å². The van der Waals surface area contributed by atoms with Gasteiger partial charge in [-0.1, -0.05) is 0 Å². The van der Waals surface area contributed by atoms with E-state index in [2.05, 4.69) is 5.32 Å². The van der Waals surface area contributed by atoms with E-state index in [4.69, 9.17) is 9.47 Å². The van der Waals surface area contributed by atoms with E-state index >= 15 is 0 Å². The van der Waals surface area contributed by atoms with Crippen LogP contribution in [0.3, 0.4) is 0 Å². The Kier molecular flexibility index (Phi) is 6.14. The predicted molar refractivity (Wildman–Crippen MR) is 66.0 cm³/mol. The monoisotopic (exact) mass is 255 g/mol. The maximum atomic E-state index is 12.7. The molecule has 0 aromatic heterocycles. The lowest BCUT2D eigenvalue weighted by Gasteiger charge is -2.14. The summed E-state index contributed by atoms with van der Waals surface area (Å²) in [6.45, 7) is 2.80. The number of hydrogen-bond donors (Lipinski definition) is 1. The van der Waals surface area contributed by atoms with Crippen LogP contribution in [0.15, 0.2) is 24.3 Å². The Labute approximate surface area is 106 Å². The zero-order chi connectivity index (χ0) is 13.4. The molecule has 100 valence electrons. The van der Waals surface area contributed by atoms with Crippen molar-refractivity contribution in [2.24, 2.45) is 0 Å². The molecule has 1 rings (SSSR count). The Morgan fingerprint density at radius 2 is 2.06 bits per heavy atom. The van der Waals surface area contributed by atoms with Crippen LogP contribution in [0.4, 0.5) is 4.39 Å². The highest BCUT2D eigenvalue weighted by Crippen LogP contribution is 2.12. The van der Waals surface area contributed by atoms with E-state index in [0.717, 1.165) is 6.42 Å². The van der Waals surface area contributed by atoms with Crippen molar-refractivity contribution in [3.05, 3.63) is 30.1 Å². The van der Waals surface area contributed by atoms with Gasteiger partial charge in [0.05, 0.1) is 0 Å². The zero-order valence-corrected chi connectivity index (χ0v) is 10.6. The molecule has 18 heavy (non-hydrogen) atoms. The van der Waals surface area contributed by atoms with E-state index in [1.54, 1.807) is 14.0 Å². The second kappa shape index (κ2) is 7.66. The Balaban J connectivity index is 2.33. The highest BCUT2D eigenvalue weighted by molar-refractivity contribution is 5.80. The van der Waals surface area contributed by atoms with Crippen LogP contribution >= 0.6 is 0 Å². The lowest BCUT2D eigenvalue weighted by Crippen LogP contribution is -2.37. The van der Waals surface area contributed by atoms with Crippen LogP contribution in [-0.4, -0.2) is 32.3 Å². The number of hydrogen-bond acceptors (Lipinski definition) is 3. The topological polar surface area (TPSA) is 47.6 Å². The molecule has 0 bridgehead atoms. The fourth-order valence-electron chi connectivity index (χ4n) is 1.34. The van der Waals surface area contributed by atoms with Gasteiger partial charge in [0.15, 0.2) is 6.10 Å². The quantitative estimate of drug-likeness (QED) is 0.755. The van der Waals surface area contributed by atoms with Crippen molar-refractivity contribution in [2.75, 3.05) is 20.3 Å². The molecule has 0 saturated heterocycles. The van der Waals surface area contributed by atoms with Gasteiger partial charge < -0.3 is 14.8 Å². The third kappa shape index (κ3) is 5.14. The van der Waals surface area contributed by atoms with Crippen molar-refractivity contribution >= 4 is 5.91 Å². The lowest BCUT2D eigenvalue weighted by atomic mass is 10.3. The summed E-state index contributed by atoms with van der Waals surface area (Å²) in [5.74, 6) is -0.0645. The van der Waals surface area contributed by atoms with Gasteiger partial charge in [-0.3, -0.25) is 4.79 Å². The number of amides is 1. The Bertz CT molecular complexity index is 367. The maximum absolute atomic E-state index is 12.7. The third-order valence-corrected chi connectivity index (χ3v) is 2.32. The minimum Gasteiger partial charge on any atom is -0.481 e. The number of carbonyl (C=O) groups is 1. The minimum absolute atomic E-state index is 0.199. The van der Waals surface area contributed by atoms with Crippen molar-refractivity contribution < 1.29 is 18.7 Å². The van der Waals surface area contributed by atoms with Crippen LogP contribution in [0, 0.1) is 5.82 Å². The van der Waals surface area contributed by atoms with Crippen LogP contribution < -0.4 is 10.1 Å². The SMILES string of the molecule is COCCCNC(=O)[C@@H](C)Oc1ccc(F)cc1. The molecular weight excluding hydrogens is 237 g/mol. The second-order valence-corrected chi connectivity index (χ2v) is 3.85. The summed E-state index contributed by atoms with van der Waals surface area (Å²) in [5.41, 5.74) is 0. The molecule has 0 unspecified atom stereocenters. The molecule has 0 fully saturated rings. The van der Waals surface area contributed by atoms with Crippen LogP contribution in [0.1, 0.15) is 13.3 Å². The molecule has 0 aliphatic carbocycles. The summed E-state index contributed by atoms with van der Waals surface area (Å²) in [5, 5.41) is 2.73. The highest BCUT2D eigenvalue weighted by Gasteiger charge is 2.13. The number of benzene rings is 1. The van der Waals surface area contributed by atoms with Crippen molar-refractivity contribution in [3.8, 4) is 5.75 Å². The van der Waals surface area contributed by atoms with Gasteiger partial charge in [0.1, 0.15) is 11.6 Å². The summed E-state index contributed by atoms with van der Waals surface area (Å²) in [6.07, 6.45) is 0.143. The fourth-order valence-corrected chi connectivity index (χ4v) is 1.34. The van der Waals surface area contributed by atoms with E-state index in [9.17, 15) is 9.18 Å². The van der Waals surface area contributed by atoms with E-state index in [0.29, 0.717) is 18.9 Å². The Morgan fingerprint density at radius 3 is 2.67 bits per heavy atom. The first-order valence-corrected chi connectivity index (χ1v) is 5.82. The number of nitrogens with one attached hydrogen (secondary N) is 1. The normalized spacial score (nSPS) is 11.9. The molecule has 0 heterocycles.